The monoisotopic (exact) mass is 559 g/mol. The summed E-state index contributed by atoms with van der Waals surface area (Å²) < 4.78 is 30.5. The number of fused-ring (bicyclic) bond motifs is 2. The van der Waals surface area contributed by atoms with E-state index in [2.05, 4.69) is 16.9 Å². The third kappa shape index (κ3) is 4.80. The number of carbonyl (C=O) groups is 1. The zero-order valence-electron chi connectivity index (χ0n) is 21.7. The lowest BCUT2D eigenvalue weighted by molar-refractivity contribution is 0.0669. The summed E-state index contributed by atoms with van der Waals surface area (Å²) in [6, 6.07) is 22.9. The van der Waals surface area contributed by atoms with Gasteiger partial charge in [0, 0.05) is 30.9 Å². The van der Waals surface area contributed by atoms with Gasteiger partial charge in [-0.05, 0) is 67.9 Å². The van der Waals surface area contributed by atoms with Gasteiger partial charge in [-0.3, -0.25) is 9.10 Å². The molecule has 1 fully saturated rings. The van der Waals surface area contributed by atoms with E-state index < -0.39 is 16.1 Å². The molecule has 200 valence electrons. The number of para-hydroxylation sites is 2. The third-order valence-corrected chi connectivity index (χ3v) is 10.2. The fraction of sp³-hybridized carbons (Fsp3) is 0.241. The first kappa shape index (κ1) is 25.5. The van der Waals surface area contributed by atoms with E-state index in [1.54, 1.807) is 30.3 Å². The second-order valence-electron chi connectivity index (χ2n) is 9.86. The number of likely N-dealkylation sites (N-methyl/N-ethyl adjacent to an activating group) is 1. The first-order valence-electron chi connectivity index (χ1n) is 12.9. The normalized spacial score (nSPS) is 15.6. The predicted octanol–water partition coefficient (Wildman–Crippen LogP) is 5.12. The predicted molar refractivity (Wildman–Crippen MR) is 156 cm³/mol. The van der Waals surface area contributed by atoms with Crippen LogP contribution in [-0.4, -0.2) is 67.3 Å². The maximum Gasteiger partial charge on any atom is 0.264 e. The summed E-state index contributed by atoms with van der Waals surface area (Å²) in [5.41, 5.74) is 2.13. The molecular weight excluding hydrogens is 530 g/mol. The smallest absolute Gasteiger partial charge is 0.264 e. The second-order valence-corrected chi connectivity index (χ2v) is 12.8. The van der Waals surface area contributed by atoms with E-state index in [-0.39, 0.29) is 10.8 Å². The molecule has 10 heteroatoms. The van der Waals surface area contributed by atoms with Gasteiger partial charge < -0.3 is 14.8 Å². The quantitative estimate of drug-likeness (QED) is 0.312. The summed E-state index contributed by atoms with van der Waals surface area (Å²) in [4.78, 5) is 26.2. The van der Waals surface area contributed by atoms with E-state index in [9.17, 15) is 13.2 Å². The fourth-order valence-electron chi connectivity index (χ4n) is 5.00. The Kier molecular flexibility index (Phi) is 6.62. The number of piperazine rings is 1. The first-order valence-corrected chi connectivity index (χ1v) is 15.1. The molecular formula is C29H29N5O3S2. The summed E-state index contributed by atoms with van der Waals surface area (Å²) in [5.74, 6) is 0.572. The van der Waals surface area contributed by atoms with Crippen molar-refractivity contribution in [3.63, 3.8) is 0 Å². The fourth-order valence-corrected chi connectivity index (χ4v) is 7.64. The molecule has 0 aliphatic carbocycles. The lowest BCUT2D eigenvalue weighted by atomic mass is 10.2. The Bertz CT molecular complexity index is 1720. The molecule has 1 N–H and O–H groups in total. The number of imidazole rings is 1. The minimum atomic E-state index is -3.94. The zero-order valence-corrected chi connectivity index (χ0v) is 23.4. The number of aromatic amines is 1. The molecule has 1 amide bonds. The van der Waals surface area contributed by atoms with Crippen molar-refractivity contribution >= 4 is 54.1 Å². The molecule has 1 atom stereocenters. The van der Waals surface area contributed by atoms with E-state index in [1.807, 2.05) is 60.4 Å². The van der Waals surface area contributed by atoms with Gasteiger partial charge in [0.15, 0.2) is 0 Å². The van der Waals surface area contributed by atoms with Gasteiger partial charge in [-0.2, -0.15) is 0 Å². The maximum atomic E-state index is 14.1. The minimum Gasteiger partial charge on any atom is -0.340 e. The minimum absolute atomic E-state index is 0.0234. The van der Waals surface area contributed by atoms with Crippen molar-refractivity contribution in [1.29, 1.82) is 0 Å². The summed E-state index contributed by atoms with van der Waals surface area (Å²) >= 11 is 1.44. The number of H-pyrrole nitrogens is 1. The number of amides is 1. The Morgan fingerprint density at radius 3 is 2.44 bits per heavy atom. The lowest BCUT2D eigenvalue weighted by Gasteiger charge is -2.32. The molecule has 0 saturated carbocycles. The van der Waals surface area contributed by atoms with Crippen LogP contribution in [0.2, 0.25) is 0 Å². The molecule has 6 rings (SSSR count). The molecule has 39 heavy (non-hydrogen) atoms. The van der Waals surface area contributed by atoms with Gasteiger partial charge >= 0.3 is 0 Å². The highest BCUT2D eigenvalue weighted by Crippen LogP contribution is 2.37. The van der Waals surface area contributed by atoms with Crippen molar-refractivity contribution in [2.24, 2.45) is 0 Å². The Morgan fingerprint density at radius 2 is 1.69 bits per heavy atom. The van der Waals surface area contributed by atoms with Crippen molar-refractivity contribution in [3.05, 3.63) is 89.6 Å². The first-order chi connectivity index (χ1) is 18.8. The van der Waals surface area contributed by atoms with Crippen LogP contribution < -0.4 is 4.31 Å². The number of carbonyl (C=O) groups excluding carboxylic acids is 1. The van der Waals surface area contributed by atoms with Gasteiger partial charge in [0.1, 0.15) is 11.9 Å². The molecule has 3 aromatic carbocycles. The van der Waals surface area contributed by atoms with Crippen LogP contribution in [0.15, 0.2) is 83.8 Å². The molecule has 8 nitrogen and oxygen atoms in total. The van der Waals surface area contributed by atoms with Crippen molar-refractivity contribution in [3.8, 4) is 0 Å². The molecule has 5 aromatic rings. The lowest BCUT2D eigenvalue weighted by Crippen LogP contribution is -2.46. The van der Waals surface area contributed by atoms with Gasteiger partial charge in [0.05, 0.1) is 26.5 Å². The van der Waals surface area contributed by atoms with E-state index in [0.29, 0.717) is 29.5 Å². The van der Waals surface area contributed by atoms with E-state index in [4.69, 9.17) is 4.98 Å². The van der Waals surface area contributed by atoms with E-state index in [0.717, 1.165) is 34.2 Å². The molecule has 0 bridgehead atoms. The van der Waals surface area contributed by atoms with Crippen LogP contribution in [0.25, 0.3) is 21.1 Å². The molecule has 1 saturated heterocycles. The van der Waals surface area contributed by atoms with Crippen molar-refractivity contribution < 1.29 is 13.2 Å². The van der Waals surface area contributed by atoms with Gasteiger partial charge in [-0.1, -0.05) is 30.3 Å². The number of sulfonamides is 1. The largest absolute Gasteiger partial charge is 0.340 e. The molecule has 1 aliphatic rings. The van der Waals surface area contributed by atoms with Crippen LogP contribution in [0.1, 0.15) is 28.5 Å². The zero-order chi connectivity index (χ0) is 27.1. The number of benzene rings is 3. The number of aromatic nitrogens is 2. The van der Waals surface area contributed by atoms with Crippen molar-refractivity contribution in [1.82, 2.24) is 19.8 Å². The number of thiophene rings is 1. The average molecular weight is 560 g/mol. The van der Waals surface area contributed by atoms with Crippen LogP contribution >= 0.6 is 11.3 Å². The highest BCUT2D eigenvalue weighted by atomic mass is 32.2. The Balaban J connectivity index is 1.41. The number of hydrogen-bond acceptors (Lipinski definition) is 6. The topological polar surface area (TPSA) is 89.6 Å². The van der Waals surface area contributed by atoms with Gasteiger partial charge in [0.2, 0.25) is 0 Å². The van der Waals surface area contributed by atoms with Gasteiger partial charge in [0.25, 0.3) is 15.9 Å². The Labute approximate surface area is 231 Å². The molecule has 1 aliphatic heterocycles. The number of hydrogen-bond donors (Lipinski definition) is 1. The summed E-state index contributed by atoms with van der Waals surface area (Å²) in [7, 11) is -1.88. The highest BCUT2D eigenvalue weighted by Gasteiger charge is 2.32. The standard InChI is InChI=1S/C29H29N5O3S2/c1-20(28-30-24-10-6-7-11-25(24)31-28)34(39(36,37)23-8-4-3-5-9-23)22-12-13-26-21(18-22)19-27(38-26)29(35)33-16-14-32(2)15-17-33/h3-13,18-20H,14-17H2,1-2H3,(H,30,31). The summed E-state index contributed by atoms with van der Waals surface area (Å²) in [5, 5.41) is 0.833. The third-order valence-electron chi connectivity index (χ3n) is 7.21. The van der Waals surface area contributed by atoms with Crippen molar-refractivity contribution in [2.45, 2.75) is 17.9 Å². The van der Waals surface area contributed by atoms with Crippen LogP contribution in [0.3, 0.4) is 0 Å². The van der Waals surface area contributed by atoms with Crippen LogP contribution in [0.4, 0.5) is 5.69 Å². The number of nitrogens with one attached hydrogen (secondary N) is 1. The SMILES string of the molecule is CC(c1nc2ccccc2[nH]1)N(c1ccc2sc(C(=O)N3CCN(C)CC3)cc2c1)S(=O)(=O)c1ccccc1. The van der Waals surface area contributed by atoms with Crippen LogP contribution in [0.5, 0.6) is 0 Å². The molecule has 3 heterocycles. The highest BCUT2D eigenvalue weighted by molar-refractivity contribution is 7.92. The number of anilines is 1. The summed E-state index contributed by atoms with van der Waals surface area (Å²) in [6.07, 6.45) is 0. The van der Waals surface area contributed by atoms with E-state index >= 15 is 0 Å². The summed E-state index contributed by atoms with van der Waals surface area (Å²) in [6.45, 7) is 4.94. The maximum absolute atomic E-state index is 14.1. The molecule has 2 aromatic heterocycles. The van der Waals surface area contributed by atoms with E-state index in [1.165, 1.54) is 15.6 Å². The average Bonchev–Trinajstić information content (AvgIpc) is 3.58. The molecule has 1 unspecified atom stereocenters. The van der Waals surface area contributed by atoms with Gasteiger partial charge in [-0.15, -0.1) is 11.3 Å². The van der Waals surface area contributed by atoms with Crippen molar-refractivity contribution in [2.75, 3.05) is 37.5 Å². The molecule has 0 radical (unpaired) electrons. The van der Waals surface area contributed by atoms with Gasteiger partial charge in [-0.25, -0.2) is 13.4 Å². The second kappa shape index (κ2) is 10.1. The van der Waals surface area contributed by atoms with Crippen LogP contribution in [0, 0.1) is 0 Å². The molecule has 0 spiro atoms. The Hall–Kier alpha value is -3.73. The van der Waals surface area contributed by atoms with Crippen LogP contribution in [-0.2, 0) is 10.0 Å². The number of rotatable bonds is 6. The Morgan fingerprint density at radius 1 is 0.974 bits per heavy atom. The number of nitrogens with zero attached hydrogens (tertiary/aromatic N) is 4.